The van der Waals surface area contributed by atoms with E-state index in [0.29, 0.717) is 6.42 Å². The van der Waals surface area contributed by atoms with Crippen LogP contribution in [0.4, 0.5) is 0 Å². The van der Waals surface area contributed by atoms with E-state index in [2.05, 4.69) is 19.1 Å². The molecule has 0 aliphatic carbocycles. The van der Waals surface area contributed by atoms with E-state index in [1.54, 1.807) is 0 Å². The highest BCUT2D eigenvalue weighted by Gasteiger charge is 2.33. The predicted molar refractivity (Wildman–Crippen MR) is 143 cm³/mol. The number of quaternary nitrogens is 1. The molecular formula is C29H53NO6. The van der Waals surface area contributed by atoms with Crippen LogP contribution in [0.3, 0.4) is 0 Å². The van der Waals surface area contributed by atoms with E-state index in [1.165, 1.54) is 96.3 Å². The van der Waals surface area contributed by atoms with E-state index < -0.39 is 42.0 Å². The quantitative estimate of drug-likeness (QED) is 0.0829. The van der Waals surface area contributed by atoms with Crippen LogP contribution in [-0.2, 0) is 14.4 Å². The Hall–Kier alpha value is -1.89. The summed E-state index contributed by atoms with van der Waals surface area (Å²) in [6.07, 6.45) is 27.7. The van der Waals surface area contributed by atoms with Gasteiger partial charge < -0.3 is 24.6 Å². The van der Waals surface area contributed by atoms with Crippen molar-refractivity contribution in [3.63, 3.8) is 0 Å². The van der Waals surface area contributed by atoms with Crippen LogP contribution in [-0.4, -0.2) is 58.8 Å². The third kappa shape index (κ3) is 22.6. The molecule has 0 aliphatic heterocycles. The van der Waals surface area contributed by atoms with Gasteiger partial charge in [0.2, 0.25) is 0 Å². The lowest BCUT2D eigenvalue weighted by molar-refractivity contribution is -0.909. The number of carboxylic acid groups (broad SMARTS) is 3. The first kappa shape index (κ1) is 34.1. The minimum Gasteiger partial charge on any atom is -0.544 e. The van der Waals surface area contributed by atoms with E-state index in [9.17, 15) is 19.5 Å². The Morgan fingerprint density at radius 3 is 1.31 bits per heavy atom. The van der Waals surface area contributed by atoms with Crippen molar-refractivity contribution in [2.45, 2.75) is 129 Å². The summed E-state index contributed by atoms with van der Waals surface area (Å²) < 4.78 is -0.497. The molecule has 2 N–H and O–H groups in total. The van der Waals surface area contributed by atoms with Crippen molar-refractivity contribution in [1.82, 2.24) is 0 Å². The summed E-state index contributed by atoms with van der Waals surface area (Å²) in [4.78, 5) is 33.4. The van der Waals surface area contributed by atoms with Crippen molar-refractivity contribution in [2.75, 3.05) is 26.2 Å². The van der Waals surface area contributed by atoms with Gasteiger partial charge in [0, 0.05) is 0 Å². The third-order valence-electron chi connectivity index (χ3n) is 6.80. The van der Waals surface area contributed by atoms with Gasteiger partial charge in [-0.25, -0.2) is 9.59 Å². The van der Waals surface area contributed by atoms with Gasteiger partial charge in [0.1, 0.15) is 6.54 Å². The highest BCUT2D eigenvalue weighted by molar-refractivity contribution is 5.72. The van der Waals surface area contributed by atoms with Crippen molar-refractivity contribution < 1.29 is 34.2 Å². The summed E-state index contributed by atoms with van der Waals surface area (Å²) in [6.45, 7) is 0.846. The molecule has 0 saturated carbocycles. The van der Waals surface area contributed by atoms with Crippen molar-refractivity contribution >= 4 is 17.9 Å². The molecule has 0 aromatic heterocycles. The monoisotopic (exact) mass is 511 g/mol. The van der Waals surface area contributed by atoms with Crippen LogP contribution in [0.2, 0.25) is 0 Å². The highest BCUT2D eigenvalue weighted by Crippen LogP contribution is 2.15. The third-order valence-corrected chi connectivity index (χ3v) is 6.80. The Morgan fingerprint density at radius 1 is 0.583 bits per heavy atom. The van der Waals surface area contributed by atoms with Crippen LogP contribution in [0, 0.1) is 0 Å². The molecule has 0 aliphatic rings. The second-order valence-electron chi connectivity index (χ2n) is 10.4. The number of unbranched alkanes of at least 4 members (excludes halogenated alkanes) is 17. The summed E-state index contributed by atoms with van der Waals surface area (Å²) in [5, 5.41) is 29.3. The lowest BCUT2D eigenvalue weighted by Gasteiger charge is -2.36. The van der Waals surface area contributed by atoms with Crippen molar-refractivity contribution in [3.8, 4) is 0 Å². The summed E-state index contributed by atoms with van der Waals surface area (Å²) in [5.74, 6) is -3.81. The smallest absolute Gasteiger partial charge is 0.359 e. The molecule has 36 heavy (non-hydrogen) atoms. The number of rotatable bonds is 27. The minimum atomic E-state index is -1.42. The Bertz CT molecular complexity index is 564. The van der Waals surface area contributed by atoms with E-state index in [-0.39, 0.29) is 6.54 Å². The topological polar surface area (TPSA) is 115 Å². The average Bonchev–Trinajstić information content (AvgIpc) is 2.78. The van der Waals surface area contributed by atoms with E-state index in [4.69, 9.17) is 10.2 Å². The summed E-state index contributed by atoms with van der Waals surface area (Å²) >= 11 is 0. The number of carboxylic acids is 3. The molecule has 0 spiro atoms. The SMILES string of the molecule is CCCCC/C=C/CCCCCCCCCCCCCCCC[N+](CC(=O)[O-])(CC(=O)O)CC(=O)O. The zero-order valence-corrected chi connectivity index (χ0v) is 22.9. The number of allylic oxidation sites excluding steroid dienone is 2. The van der Waals surface area contributed by atoms with Crippen LogP contribution in [0.25, 0.3) is 0 Å². The first-order valence-corrected chi connectivity index (χ1v) is 14.4. The second kappa shape index (κ2) is 23.5. The molecule has 0 saturated heterocycles. The van der Waals surface area contributed by atoms with Crippen molar-refractivity contribution in [1.29, 1.82) is 0 Å². The summed E-state index contributed by atoms with van der Waals surface area (Å²) in [7, 11) is 0. The van der Waals surface area contributed by atoms with Crippen LogP contribution in [0.5, 0.6) is 0 Å². The molecule has 7 nitrogen and oxygen atoms in total. The molecule has 0 heterocycles. The maximum Gasteiger partial charge on any atom is 0.359 e. The first-order valence-electron chi connectivity index (χ1n) is 14.4. The Morgan fingerprint density at radius 2 is 0.944 bits per heavy atom. The van der Waals surface area contributed by atoms with Gasteiger partial charge in [-0.3, -0.25) is 0 Å². The molecule has 0 bridgehead atoms. The fourth-order valence-corrected chi connectivity index (χ4v) is 4.83. The number of hydrogen-bond donors (Lipinski definition) is 2. The van der Waals surface area contributed by atoms with E-state index in [0.717, 1.165) is 19.3 Å². The van der Waals surface area contributed by atoms with E-state index in [1.807, 2.05) is 0 Å². The van der Waals surface area contributed by atoms with Gasteiger partial charge in [-0.2, -0.15) is 0 Å². The molecule has 0 radical (unpaired) electrons. The Balaban J connectivity index is 3.66. The maximum absolute atomic E-state index is 11.2. The Kier molecular flexibility index (Phi) is 22.3. The largest absolute Gasteiger partial charge is 0.544 e. The molecule has 0 aromatic carbocycles. The lowest BCUT2D eigenvalue weighted by atomic mass is 10.0. The number of aliphatic carboxylic acids is 3. The van der Waals surface area contributed by atoms with Crippen LogP contribution < -0.4 is 5.11 Å². The van der Waals surface area contributed by atoms with Gasteiger partial charge in [0.25, 0.3) is 0 Å². The number of nitrogens with zero attached hydrogens (tertiary/aromatic N) is 1. The predicted octanol–water partition coefficient (Wildman–Crippen LogP) is 5.71. The fourth-order valence-electron chi connectivity index (χ4n) is 4.83. The van der Waals surface area contributed by atoms with Crippen LogP contribution in [0.1, 0.15) is 129 Å². The van der Waals surface area contributed by atoms with Crippen LogP contribution in [0.15, 0.2) is 12.2 Å². The molecule has 210 valence electrons. The molecule has 0 fully saturated rings. The summed E-state index contributed by atoms with van der Waals surface area (Å²) in [6, 6.07) is 0. The van der Waals surface area contributed by atoms with Gasteiger partial charge in [0.15, 0.2) is 13.1 Å². The normalized spacial score (nSPS) is 11.8. The first-order chi connectivity index (χ1) is 17.3. The Labute approximate surface area is 219 Å². The van der Waals surface area contributed by atoms with Crippen molar-refractivity contribution in [2.24, 2.45) is 0 Å². The van der Waals surface area contributed by atoms with Crippen molar-refractivity contribution in [3.05, 3.63) is 12.2 Å². The number of carbonyl (C=O) groups is 3. The molecule has 0 amide bonds. The van der Waals surface area contributed by atoms with Gasteiger partial charge in [-0.15, -0.1) is 0 Å². The lowest BCUT2D eigenvalue weighted by Crippen LogP contribution is -2.59. The molecule has 0 atom stereocenters. The second-order valence-corrected chi connectivity index (χ2v) is 10.4. The zero-order chi connectivity index (χ0) is 26.9. The number of hydrogen-bond acceptors (Lipinski definition) is 4. The molecular weight excluding hydrogens is 458 g/mol. The van der Waals surface area contributed by atoms with Gasteiger partial charge in [-0.1, -0.05) is 103 Å². The van der Waals surface area contributed by atoms with Gasteiger partial charge in [-0.05, 0) is 38.5 Å². The average molecular weight is 512 g/mol. The van der Waals surface area contributed by atoms with Gasteiger partial charge in [0.05, 0.1) is 12.5 Å². The molecule has 0 unspecified atom stereocenters. The van der Waals surface area contributed by atoms with E-state index >= 15 is 0 Å². The minimum absolute atomic E-state index is 0.225. The van der Waals surface area contributed by atoms with Crippen LogP contribution >= 0.6 is 0 Å². The fraction of sp³-hybridized carbons (Fsp3) is 0.828. The number of carbonyl (C=O) groups excluding carboxylic acids is 1. The van der Waals surface area contributed by atoms with Gasteiger partial charge >= 0.3 is 11.9 Å². The zero-order valence-electron chi connectivity index (χ0n) is 22.9. The summed E-state index contributed by atoms with van der Waals surface area (Å²) in [5.41, 5.74) is 0. The molecule has 7 heteroatoms. The maximum atomic E-state index is 11.2. The molecule has 0 aromatic rings. The standard InChI is InChI=1S/C29H53NO6/c1-2-3-4-5-6-7-8-9-10-11-12-13-14-15-16-17-18-19-20-21-22-23-30(24-27(31)32,25-28(33)34)26-29(35)36/h6-7H,2-5,8-26H2,1H3,(H2-,31,32,33,34,35,36)/b7-6+. The molecule has 0 rings (SSSR count). The highest BCUT2D eigenvalue weighted by atomic mass is 16.4.